The molecule has 1 N–H and O–H groups in total. The van der Waals surface area contributed by atoms with E-state index in [1.165, 1.54) is 4.90 Å². The van der Waals surface area contributed by atoms with E-state index in [1.54, 1.807) is 66.9 Å². The Kier molecular flexibility index (Phi) is 5.11. The Balaban J connectivity index is 1.67. The summed E-state index contributed by atoms with van der Waals surface area (Å²) in [5.41, 5.74) is 2.67. The number of pyridine rings is 1. The van der Waals surface area contributed by atoms with Crippen LogP contribution in [-0.4, -0.2) is 28.4 Å². The topological polar surface area (TPSA) is 104 Å². The predicted octanol–water partition coefficient (Wildman–Crippen LogP) is 3.90. The lowest BCUT2D eigenvalue weighted by Crippen LogP contribution is -2.29. The minimum atomic E-state index is -0.911. The van der Waals surface area contributed by atoms with Crippen molar-refractivity contribution in [1.29, 1.82) is 5.26 Å². The van der Waals surface area contributed by atoms with Gasteiger partial charge in [0.05, 0.1) is 29.5 Å². The van der Waals surface area contributed by atoms with Gasteiger partial charge in [0.15, 0.2) is 0 Å². The zero-order valence-electron chi connectivity index (χ0n) is 17.6. The Bertz CT molecular complexity index is 1320. The molecule has 0 saturated carbocycles. The first kappa shape index (κ1) is 20.5. The molecule has 1 saturated heterocycles. The molecule has 1 unspecified atom stereocenters. The summed E-state index contributed by atoms with van der Waals surface area (Å²) in [4.78, 5) is 32.0. The van der Waals surface area contributed by atoms with E-state index in [2.05, 4.69) is 4.98 Å². The van der Waals surface area contributed by atoms with E-state index in [4.69, 9.17) is 10.00 Å². The molecular formula is C26H19N3O4. The molecule has 3 aromatic rings. The number of rotatable bonds is 3. The molecule has 5 rings (SSSR count). The second-order valence-corrected chi connectivity index (χ2v) is 7.86. The largest absolute Gasteiger partial charge is 0.507 e. The Hall–Kier alpha value is -4.44. The fourth-order valence-corrected chi connectivity index (χ4v) is 4.28. The minimum Gasteiger partial charge on any atom is -0.507 e. The number of carbonyl (C=O) groups excluding carboxylic acids is 2. The smallest absolute Gasteiger partial charge is 0.300 e. The number of nitriles is 1. The Labute approximate surface area is 190 Å². The van der Waals surface area contributed by atoms with Crippen LogP contribution in [-0.2, 0) is 16.0 Å². The molecule has 162 valence electrons. The highest BCUT2D eigenvalue weighted by molar-refractivity contribution is 6.51. The highest BCUT2D eigenvalue weighted by Gasteiger charge is 2.47. The van der Waals surface area contributed by atoms with E-state index in [1.807, 2.05) is 6.07 Å². The van der Waals surface area contributed by atoms with Crippen LogP contribution >= 0.6 is 0 Å². The number of ether oxygens (including phenoxy) is 1. The monoisotopic (exact) mass is 437 g/mol. The maximum Gasteiger partial charge on any atom is 0.300 e. The van der Waals surface area contributed by atoms with Crippen molar-refractivity contribution in [3.63, 3.8) is 0 Å². The SMILES string of the molecule is N#Cc1ccc(N2C(=O)C(=O)/C(=C(\O)c3ccc4c(c3)CCCO4)C2c2ccccn2)cc1. The van der Waals surface area contributed by atoms with Crippen LogP contribution < -0.4 is 9.64 Å². The number of hydrogen-bond donors (Lipinski definition) is 1. The van der Waals surface area contributed by atoms with Gasteiger partial charge in [-0.25, -0.2) is 0 Å². The number of aliphatic hydroxyl groups is 1. The number of aliphatic hydroxyl groups excluding tert-OH is 1. The van der Waals surface area contributed by atoms with Gasteiger partial charge in [-0.05, 0) is 73.0 Å². The van der Waals surface area contributed by atoms with Gasteiger partial charge in [0.1, 0.15) is 17.6 Å². The van der Waals surface area contributed by atoms with Crippen molar-refractivity contribution in [3.05, 3.63) is 94.8 Å². The molecule has 1 fully saturated rings. The van der Waals surface area contributed by atoms with Crippen molar-refractivity contribution in [3.8, 4) is 11.8 Å². The number of aryl methyl sites for hydroxylation is 1. The second kappa shape index (κ2) is 8.24. The number of Topliss-reactive ketones (excluding diaryl/α,β-unsaturated/α-hetero) is 1. The number of amides is 1. The van der Waals surface area contributed by atoms with Crippen molar-refractivity contribution in [2.75, 3.05) is 11.5 Å². The molecule has 2 aliphatic heterocycles. The molecule has 0 spiro atoms. The molecule has 0 bridgehead atoms. The van der Waals surface area contributed by atoms with Gasteiger partial charge < -0.3 is 9.84 Å². The van der Waals surface area contributed by atoms with Crippen LogP contribution in [0.5, 0.6) is 5.75 Å². The maximum absolute atomic E-state index is 13.2. The second-order valence-electron chi connectivity index (χ2n) is 7.86. The molecule has 0 aliphatic carbocycles. The van der Waals surface area contributed by atoms with E-state index in [-0.39, 0.29) is 11.3 Å². The van der Waals surface area contributed by atoms with Crippen molar-refractivity contribution >= 4 is 23.1 Å². The quantitative estimate of drug-likeness (QED) is 0.379. The Morgan fingerprint density at radius 1 is 1.12 bits per heavy atom. The molecular weight excluding hydrogens is 418 g/mol. The van der Waals surface area contributed by atoms with Gasteiger partial charge in [0.25, 0.3) is 11.7 Å². The number of aromatic nitrogens is 1. The van der Waals surface area contributed by atoms with Gasteiger partial charge in [0.2, 0.25) is 0 Å². The van der Waals surface area contributed by atoms with Crippen LogP contribution in [0.15, 0.2) is 72.4 Å². The molecule has 1 amide bonds. The van der Waals surface area contributed by atoms with Crippen molar-refractivity contribution in [2.45, 2.75) is 18.9 Å². The molecule has 3 heterocycles. The molecule has 2 aromatic carbocycles. The van der Waals surface area contributed by atoms with Crippen molar-refractivity contribution in [1.82, 2.24) is 4.98 Å². The fraction of sp³-hybridized carbons (Fsp3) is 0.154. The van der Waals surface area contributed by atoms with Gasteiger partial charge in [-0.2, -0.15) is 5.26 Å². The summed E-state index contributed by atoms with van der Waals surface area (Å²) in [6.07, 6.45) is 3.25. The van der Waals surface area contributed by atoms with E-state index in [0.717, 1.165) is 24.2 Å². The Morgan fingerprint density at radius 2 is 1.94 bits per heavy atom. The minimum absolute atomic E-state index is 0.0280. The number of anilines is 1. The van der Waals surface area contributed by atoms with Crippen LogP contribution in [0.4, 0.5) is 5.69 Å². The number of nitrogens with zero attached hydrogens (tertiary/aromatic N) is 3. The molecule has 33 heavy (non-hydrogen) atoms. The molecule has 1 aromatic heterocycles. The highest BCUT2D eigenvalue weighted by atomic mass is 16.5. The van der Waals surface area contributed by atoms with E-state index in [9.17, 15) is 14.7 Å². The van der Waals surface area contributed by atoms with Gasteiger partial charge in [-0.1, -0.05) is 6.07 Å². The first-order valence-electron chi connectivity index (χ1n) is 10.6. The van der Waals surface area contributed by atoms with Crippen LogP contribution in [0.3, 0.4) is 0 Å². The van der Waals surface area contributed by atoms with Crippen LogP contribution in [0.1, 0.15) is 34.8 Å². The van der Waals surface area contributed by atoms with E-state index in [0.29, 0.717) is 29.1 Å². The number of fused-ring (bicyclic) bond motifs is 1. The lowest BCUT2D eigenvalue weighted by molar-refractivity contribution is -0.132. The molecule has 1 atom stereocenters. The van der Waals surface area contributed by atoms with Gasteiger partial charge in [0, 0.05) is 17.4 Å². The third-order valence-corrected chi connectivity index (χ3v) is 5.87. The Morgan fingerprint density at radius 3 is 2.67 bits per heavy atom. The number of benzene rings is 2. The van der Waals surface area contributed by atoms with Gasteiger partial charge in [-0.3, -0.25) is 19.5 Å². The average Bonchev–Trinajstić information content (AvgIpc) is 3.14. The number of carbonyl (C=O) groups is 2. The summed E-state index contributed by atoms with van der Waals surface area (Å²) in [5, 5.41) is 20.4. The normalized spacial score (nSPS) is 19.0. The fourth-order valence-electron chi connectivity index (χ4n) is 4.28. The standard InChI is InChI=1S/C26H19N3O4/c27-15-16-6-9-19(10-7-16)29-23(20-5-1-2-12-28-20)22(25(31)26(29)32)24(30)18-8-11-21-17(14-18)4-3-13-33-21/h1-2,5-12,14,23,30H,3-4,13H2/b24-22-. The molecule has 7 nitrogen and oxygen atoms in total. The average molecular weight is 437 g/mol. The lowest BCUT2D eigenvalue weighted by atomic mass is 9.96. The number of ketones is 1. The van der Waals surface area contributed by atoms with Crippen LogP contribution in [0.25, 0.3) is 5.76 Å². The first-order valence-corrected chi connectivity index (χ1v) is 10.6. The summed E-state index contributed by atoms with van der Waals surface area (Å²) in [6, 6.07) is 18.0. The van der Waals surface area contributed by atoms with Crippen LogP contribution in [0.2, 0.25) is 0 Å². The maximum atomic E-state index is 13.2. The van der Waals surface area contributed by atoms with E-state index < -0.39 is 17.7 Å². The summed E-state index contributed by atoms with van der Waals surface area (Å²) in [6.45, 7) is 0.647. The highest BCUT2D eigenvalue weighted by Crippen LogP contribution is 2.42. The summed E-state index contributed by atoms with van der Waals surface area (Å²) in [7, 11) is 0. The molecule has 2 aliphatic rings. The van der Waals surface area contributed by atoms with Gasteiger partial charge >= 0.3 is 0 Å². The zero-order valence-corrected chi connectivity index (χ0v) is 17.6. The van der Waals surface area contributed by atoms with Crippen molar-refractivity contribution in [2.24, 2.45) is 0 Å². The first-order chi connectivity index (χ1) is 16.1. The van der Waals surface area contributed by atoms with Crippen molar-refractivity contribution < 1.29 is 19.4 Å². The molecule has 7 heteroatoms. The van der Waals surface area contributed by atoms with E-state index >= 15 is 0 Å². The summed E-state index contributed by atoms with van der Waals surface area (Å²) in [5.74, 6) is -1.05. The zero-order chi connectivity index (χ0) is 22.9. The predicted molar refractivity (Wildman–Crippen MR) is 120 cm³/mol. The van der Waals surface area contributed by atoms with Gasteiger partial charge in [-0.15, -0.1) is 0 Å². The number of hydrogen-bond acceptors (Lipinski definition) is 6. The van der Waals surface area contributed by atoms with Crippen LogP contribution in [0, 0.1) is 11.3 Å². The third-order valence-electron chi connectivity index (χ3n) is 5.87. The summed E-state index contributed by atoms with van der Waals surface area (Å²) < 4.78 is 5.65. The summed E-state index contributed by atoms with van der Waals surface area (Å²) >= 11 is 0. The lowest BCUT2D eigenvalue weighted by Gasteiger charge is -2.24. The molecule has 0 radical (unpaired) electrons. The third kappa shape index (κ3) is 3.52.